The first-order valence-corrected chi connectivity index (χ1v) is 10.3. The summed E-state index contributed by atoms with van der Waals surface area (Å²) >= 11 is 0. The van der Waals surface area contributed by atoms with Crippen molar-refractivity contribution in [3.8, 4) is 0 Å². The minimum Gasteiger partial charge on any atom is -0.419 e. The molecule has 1 aliphatic heterocycles. The van der Waals surface area contributed by atoms with Gasteiger partial charge in [0.05, 0.1) is 5.54 Å². The largest absolute Gasteiger partial charge is 0.419 e. The van der Waals surface area contributed by atoms with Crippen LogP contribution in [0.2, 0.25) is 0 Å². The lowest BCUT2D eigenvalue weighted by Gasteiger charge is -2.33. The second-order valence-electron chi connectivity index (χ2n) is 8.50. The molecular weight excluding hydrogens is 360 g/mol. The Bertz CT molecular complexity index is 1050. The van der Waals surface area contributed by atoms with Crippen molar-refractivity contribution in [3.05, 3.63) is 89.1 Å². The summed E-state index contributed by atoms with van der Waals surface area (Å²) in [6.45, 7) is 3.98. The molecule has 1 fully saturated rings. The summed E-state index contributed by atoms with van der Waals surface area (Å²) in [5.74, 6) is 1.04. The van der Waals surface area contributed by atoms with Gasteiger partial charge in [-0.3, -0.25) is 0 Å². The third-order valence-corrected chi connectivity index (χ3v) is 6.23. The van der Waals surface area contributed by atoms with E-state index >= 15 is 0 Å². The highest BCUT2D eigenvalue weighted by Crippen LogP contribution is 2.47. The highest BCUT2D eigenvalue weighted by atomic mass is 16.4. The summed E-state index contributed by atoms with van der Waals surface area (Å²) in [6, 6.07) is 18.8. The zero-order valence-electron chi connectivity index (χ0n) is 16.7. The first-order chi connectivity index (χ1) is 14.1. The van der Waals surface area contributed by atoms with E-state index in [9.17, 15) is 0 Å². The molecule has 1 atom stereocenters. The number of aromatic nitrogens is 2. The monoisotopic (exact) mass is 386 g/mol. The minimum atomic E-state index is -0.724. The maximum atomic E-state index is 6.59. The van der Waals surface area contributed by atoms with Gasteiger partial charge in [-0.15, -0.1) is 10.2 Å². The maximum Gasteiger partial charge on any atom is 0.248 e. The third-order valence-electron chi connectivity index (χ3n) is 6.23. The van der Waals surface area contributed by atoms with E-state index < -0.39 is 5.54 Å². The van der Waals surface area contributed by atoms with E-state index in [2.05, 4.69) is 58.0 Å². The molecular formula is C24H26N4O. The molecule has 0 unspecified atom stereocenters. The fourth-order valence-electron chi connectivity index (χ4n) is 4.71. The van der Waals surface area contributed by atoms with Crippen molar-refractivity contribution in [1.29, 1.82) is 0 Å². The summed E-state index contributed by atoms with van der Waals surface area (Å²) in [5.41, 5.74) is 10.7. The summed E-state index contributed by atoms with van der Waals surface area (Å²) in [7, 11) is 0. The van der Waals surface area contributed by atoms with Crippen LogP contribution in [-0.2, 0) is 17.4 Å². The Kier molecular flexibility index (Phi) is 4.37. The quantitative estimate of drug-likeness (QED) is 0.717. The average molecular weight is 386 g/mol. The van der Waals surface area contributed by atoms with Crippen molar-refractivity contribution in [3.63, 3.8) is 0 Å². The van der Waals surface area contributed by atoms with Crippen LogP contribution in [0.4, 0.5) is 0 Å². The van der Waals surface area contributed by atoms with Gasteiger partial charge in [0.25, 0.3) is 0 Å². The van der Waals surface area contributed by atoms with Crippen molar-refractivity contribution in [2.75, 3.05) is 13.1 Å². The molecule has 1 spiro atoms. The Labute approximate surface area is 171 Å². The van der Waals surface area contributed by atoms with Crippen LogP contribution in [0.25, 0.3) is 5.57 Å². The maximum absolute atomic E-state index is 6.59. The molecule has 5 nitrogen and oxygen atoms in total. The summed E-state index contributed by atoms with van der Waals surface area (Å²) in [6.07, 6.45) is 5.15. The van der Waals surface area contributed by atoms with Gasteiger partial charge in [-0.05, 0) is 56.0 Å². The van der Waals surface area contributed by atoms with Gasteiger partial charge in [0.1, 0.15) is 0 Å². The van der Waals surface area contributed by atoms with E-state index in [0.717, 1.165) is 37.1 Å². The first kappa shape index (κ1) is 18.3. The number of piperidine rings is 1. The molecule has 148 valence electrons. The highest BCUT2D eigenvalue weighted by Gasteiger charge is 2.40. The van der Waals surface area contributed by atoms with E-state index in [0.29, 0.717) is 18.2 Å². The van der Waals surface area contributed by atoms with Gasteiger partial charge in [0.15, 0.2) is 0 Å². The van der Waals surface area contributed by atoms with Gasteiger partial charge in [-0.25, -0.2) is 0 Å². The van der Waals surface area contributed by atoms with Crippen LogP contribution < -0.4 is 11.1 Å². The molecule has 29 heavy (non-hydrogen) atoms. The Morgan fingerprint density at radius 3 is 2.55 bits per heavy atom. The predicted molar refractivity (Wildman–Crippen MR) is 113 cm³/mol. The lowest BCUT2D eigenvalue weighted by Crippen LogP contribution is -2.37. The smallest absolute Gasteiger partial charge is 0.248 e. The Morgan fingerprint density at radius 1 is 1.03 bits per heavy atom. The molecule has 2 aliphatic rings. The normalized spacial score (nSPS) is 19.6. The third kappa shape index (κ3) is 3.20. The molecule has 3 aromatic rings. The Balaban J connectivity index is 1.49. The summed E-state index contributed by atoms with van der Waals surface area (Å²) in [5, 5.41) is 12.2. The van der Waals surface area contributed by atoms with Crippen LogP contribution in [0.1, 0.15) is 48.2 Å². The highest BCUT2D eigenvalue weighted by molar-refractivity contribution is 5.83. The second-order valence-corrected chi connectivity index (χ2v) is 8.50. The van der Waals surface area contributed by atoms with Crippen LogP contribution in [0.15, 0.2) is 65.1 Å². The molecule has 3 N–H and O–H groups in total. The van der Waals surface area contributed by atoms with Crippen LogP contribution >= 0.6 is 0 Å². The lowest BCUT2D eigenvalue weighted by atomic mass is 9.75. The first-order valence-electron chi connectivity index (χ1n) is 10.3. The number of benzene rings is 2. The molecule has 5 rings (SSSR count). The fraction of sp³-hybridized carbons (Fsp3) is 0.333. The number of hydrogen-bond donors (Lipinski definition) is 2. The van der Waals surface area contributed by atoms with Gasteiger partial charge in [-0.2, -0.15) is 0 Å². The average Bonchev–Trinajstić information content (AvgIpc) is 3.34. The van der Waals surface area contributed by atoms with Crippen molar-refractivity contribution in [1.82, 2.24) is 15.5 Å². The SMILES string of the molecule is C[C@@](N)(Cc1ccccc1)c1nnc(C2=CC3(CCNCC3)c3ccccc32)o1. The van der Waals surface area contributed by atoms with Crippen molar-refractivity contribution in [2.45, 2.75) is 37.1 Å². The molecule has 0 bridgehead atoms. The van der Waals surface area contributed by atoms with Gasteiger partial charge in [0, 0.05) is 11.0 Å². The number of rotatable bonds is 4. The number of fused-ring (bicyclic) bond motifs is 2. The number of nitrogens with one attached hydrogen (secondary N) is 1. The van der Waals surface area contributed by atoms with Gasteiger partial charge in [0.2, 0.25) is 11.8 Å². The van der Waals surface area contributed by atoms with E-state index in [4.69, 9.17) is 10.2 Å². The number of nitrogens with zero attached hydrogens (tertiary/aromatic N) is 2. The standard InChI is InChI=1S/C24H26N4O/c1-23(25,15-17-7-3-2-4-8-17)22-28-27-21(29-22)19-16-24(11-13-26-14-12-24)20-10-6-5-9-18(19)20/h2-10,16,26H,11-15,25H2,1H3/t23-/m1/s1. The van der Waals surface area contributed by atoms with Crippen LogP contribution in [-0.4, -0.2) is 23.3 Å². The predicted octanol–water partition coefficient (Wildman–Crippen LogP) is 3.55. The molecule has 1 saturated heterocycles. The molecule has 0 saturated carbocycles. The zero-order valence-corrected chi connectivity index (χ0v) is 16.7. The Morgan fingerprint density at radius 2 is 1.76 bits per heavy atom. The summed E-state index contributed by atoms with van der Waals surface area (Å²) < 4.78 is 6.16. The van der Waals surface area contributed by atoms with E-state index in [1.165, 1.54) is 11.1 Å². The van der Waals surface area contributed by atoms with Crippen molar-refractivity contribution < 1.29 is 4.42 Å². The lowest BCUT2D eigenvalue weighted by molar-refractivity contribution is 0.347. The van der Waals surface area contributed by atoms with Crippen LogP contribution in [0, 0.1) is 0 Å². The van der Waals surface area contributed by atoms with Crippen molar-refractivity contribution >= 4 is 5.57 Å². The van der Waals surface area contributed by atoms with E-state index in [1.807, 2.05) is 25.1 Å². The minimum absolute atomic E-state index is 0.0574. The second kappa shape index (κ2) is 6.94. The van der Waals surface area contributed by atoms with E-state index in [1.54, 1.807) is 0 Å². The molecule has 1 aromatic heterocycles. The van der Waals surface area contributed by atoms with Gasteiger partial charge < -0.3 is 15.5 Å². The number of nitrogens with two attached hydrogens (primary N) is 1. The molecule has 2 heterocycles. The summed E-state index contributed by atoms with van der Waals surface area (Å²) in [4.78, 5) is 0. The molecule has 5 heteroatoms. The topological polar surface area (TPSA) is 77.0 Å². The Hall–Kier alpha value is -2.76. The molecule has 0 amide bonds. The molecule has 1 aliphatic carbocycles. The van der Waals surface area contributed by atoms with Crippen LogP contribution in [0.3, 0.4) is 0 Å². The van der Waals surface area contributed by atoms with E-state index in [-0.39, 0.29) is 5.41 Å². The molecule has 0 radical (unpaired) electrons. The van der Waals surface area contributed by atoms with Gasteiger partial charge in [-0.1, -0.05) is 60.7 Å². The fourth-order valence-corrected chi connectivity index (χ4v) is 4.71. The molecule has 2 aromatic carbocycles. The van der Waals surface area contributed by atoms with Gasteiger partial charge >= 0.3 is 0 Å². The number of hydrogen-bond acceptors (Lipinski definition) is 5. The van der Waals surface area contributed by atoms with Crippen molar-refractivity contribution in [2.24, 2.45) is 5.73 Å². The van der Waals surface area contributed by atoms with Crippen LogP contribution in [0.5, 0.6) is 0 Å². The number of allylic oxidation sites excluding steroid dienone is 1. The zero-order chi connectivity index (χ0) is 19.9.